The Balaban J connectivity index is 2.27. The number of aliphatic hydroxyl groups excluding tert-OH is 1. The van der Waals surface area contributed by atoms with Gasteiger partial charge < -0.3 is 14.6 Å². The number of hydrogen-bond donors (Lipinski definition) is 1. The van der Waals surface area contributed by atoms with Crippen molar-refractivity contribution in [3.8, 4) is 11.5 Å². The lowest BCUT2D eigenvalue weighted by Crippen LogP contribution is -2.18. The first-order chi connectivity index (χ1) is 9.57. The van der Waals surface area contributed by atoms with Crippen molar-refractivity contribution in [3.63, 3.8) is 0 Å². The zero-order valence-electron chi connectivity index (χ0n) is 11.7. The SMILES string of the molecule is [CH]Oc1ccc(C(C)(C)c2ccc(OCO)cc2)cc1. The second-order valence-corrected chi connectivity index (χ2v) is 5.07. The van der Waals surface area contributed by atoms with Crippen LogP contribution in [0.3, 0.4) is 0 Å². The molecule has 2 aromatic carbocycles. The first-order valence-electron chi connectivity index (χ1n) is 6.39. The minimum absolute atomic E-state index is 0.148. The van der Waals surface area contributed by atoms with Gasteiger partial charge in [0, 0.05) is 5.41 Å². The van der Waals surface area contributed by atoms with Crippen molar-refractivity contribution in [1.82, 2.24) is 0 Å². The van der Waals surface area contributed by atoms with E-state index in [1.54, 1.807) is 0 Å². The van der Waals surface area contributed by atoms with E-state index < -0.39 is 0 Å². The molecule has 3 nitrogen and oxygen atoms in total. The van der Waals surface area contributed by atoms with Gasteiger partial charge in [-0.2, -0.15) is 0 Å². The summed E-state index contributed by atoms with van der Waals surface area (Å²) < 4.78 is 9.72. The van der Waals surface area contributed by atoms with Crippen LogP contribution in [0.15, 0.2) is 48.5 Å². The number of hydrogen-bond acceptors (Lipinski definition) is 3. The molecule has 0 saturated carbocycles. The van der Waals surface area contributed by atoms with Crippen LogP contribution in [-0.4, -0.2) is 11.9 Å². The molecule has 104 valence electrons. The van der Waals surface area contributed by atoms with Crippen LogP contribution in [0, 0.1) is 7.11 Å². The van der Waals surface area contributed by atoms with E-state index in [0.29, 0.717) is 11.5 Å². The van der Waals surface area contributed by atoms with E-state index in [4.69, 9.17) is 17.0 Å². The van der Waals surface area contributed by atoms with Crippen molar-refractivity contribution >= 4 is 0 Å². The van der Waals surface area contributed by atoms with E-state index in [0.717, 1.165) is 11.1 Å². The van der Waals surface area contributed by atoms with Crippen molar-refractivity contribution in [2.24, 2.45) is 0 Å². The van der Waals surface area contributed by atoms with Gasteiger partial charge in [0.25, 0.3) is 0 Å². The maximum absolute atomic E-state index is 8.73. The second kappa shape index (κ2) is 5.97. The minimum atomic E-state index is -0.316. The number of ether oxygens (including phenoxy) is 2. The molecule has 0 amide bonds. The number of rotatable bonds is 5. The Morgan fingerprint density at radius 1 is 0.900 bits per heavy atom. The normalized spacial score (nSPS) is 11.2. The van der Waals surface area contributed by atoms with Crippen molar-refractivity contribution in [3.05, 3.63) is 66.8 Å². The smallest absolute Gasteiger partial charge is 0.186 e. The van der Waals surface area contributed by atoms with Gasteiger partial charge in [0.05, 0.1) is 0 Å². The van der Waals surface area contributed by atoms with Crippen LogP contribution < -0.4 is 9.47 Å². The Morgan fingerprint density at radius 3 is 1.75 bits per heavy atom. The molecule has 0 heterocycles. The summed E-state index contributed by atoms with van der Waals surface area (Å²) >= 11 is 0. The van der Waals surface area contributed by atoms with Gasteiger partial charge in [-0.15, -0.1) is 0 Å². The molecule has 1 N–H and O–H groups in total. The Kier molecular flexibility index (Phi) is 4.30. The molecule has 3 heteroatoms. The fourth-order valence-electron chi connectivity index (χ4n) is 2.16. The topological polar surface area (TPSA) is 38.7 Å². The van der Waals surface area contributed by atoms with Crippen LogP contribution in [0.1, 0.15) is 25.0 Å². The maximum Gasteiger partial charge on any atom is 0.186 e. The molecule has 2 aromatic rings. The molecule has 0 aliphatic carbocycles. The zero-order chi connectivity index (χ0) is 14.6. The van der Waals surface area contributed by atoms with Gasteiger partial charge in [-0.05, 0) is 35.4 Å². The fourth-order valence-corrected chi connectivity index (χ4v) is 2.16. The van der Waals surface area contributed by atoms with Gasteiger partial charge in [-0.25, -0.2) is 0 Å². The summed E-state index contributed by atoms with van der Waals surface area (Å²) in [6, 6.07) is 15.4. The molecule has 0 aliphatic heterocycles. The summed E-state index contributed by atoms with van der Waals surface area (Å²) in [5, 5.41) is 8.73. The molecule has 0 aromatic heterocycles. The summed E-state index contributed by atoms with van der Waals surface area (Å²) in [4.78, 5) is 0. The van der Waals surface area contributed by atoms with Gasteiger partial charge >= 0.3 is 0 Å². The highest BCUT2D eigenvalue weighted by molar-refractivity contribution is 5.41. The number of aliphatic hydroxyl groups is 1. The lowest BCUT2D eigenvalue weighted by atomic mass is 9.78. The summed E-state index contributed by atoms with van der Waals surface area (Å²) in [5.74, 6) is 1.29. The van der Waals surface area contributed by atoms with Crippen LogP contribution in [-0.2, 0) is 5.41 Å². The predicted molar refractivity (Wildman–Crippen MR) is 77.7 cm³/mol. The maximum atomic E-state index is 8.73. The van der Waals surface area contributed by atoms with Crippen LogP contribution >= 0.6 is 0 Å². The highest BCUT2D eigenvalue weighted by Crippen LogP contribution is 2.33. The third-order valence-electron chi connectivity index (χ3n) is 3.52. The average molecular weight is 270 g/mol. The van der Waals surface area contributed by atoms with Crippen molar-refractivity contribution in [1.29, 1.82) is 0 Å². The molecule has 0 aliphatic rings. The predicted octanol–water partition coefficient (Wildman–Crippen LogP) is 3.39. The molecule has 0 atom stereocenters. The van der Waals surface area contributed by atoms with Crippen molar-refractivity contribution < 1.29 is 14.6 Å². The van der Waals surface area contributed by atoms with Crippen molar-refractivity contribution in [2.45, 2.75) is 19.3 Å². The van der Waals surface area contributed by atoms with Gasteiger partial charge in [0.15, 0.2) is 13.9 Å². The van der Waals surface area contributed by atoms with E-state index in [2.05, 4.69) is 18.6 Å². The van der Waals surface area contributed by atoms with Gasteiger partial charge in [-0.3, -0.25) is 0 Å². The molecule has 0 unspecified atom stereocenters. The van der Waals surface area contributed by atoms with E-state index in [-0.39, 0.29) is 12.2 Å². The summed E-state index contributed by atoms with van der Waals surface area (Å²) in [5.41, 5.74) is 2.17. The Hall–Kier alpha value is -2.00. The molecule has 0 fully saturated rings. The minimum Gasteiger partial charge on any atom is -0.482 e. The monoisotopic (exact) mass is 270 g/mol. The van der Waals surface area contributed by atoms with E-state index in [1.807, 2.05) is 48.5 Å². The van der Waals surface area contributed by atoms with Gasteiger partial charge in [0.2, 0.25) is 0 Å². The molecular weight excluding hydrogens is 252 g/mol. The fraction of sp³-hybridized carbons (Fsp3) is 0.235. The third-order valence-corrected chi connectivity index (χ3v) is 3.52. The molecular formula is C17H18O3. The highest BCUT2D eigenvalue weighted by Gasteiger charge is 2.23. The zero-order valence-corrected chi connectivity index (χ0v) is 11.7. The van der Waals surface area contributed by atoms with Gasteiger partial charge in [0.1, 0.15) is 11.5 Å². The molecule has 0 spiro atoms. The second-order valence-electron chi connectivity index (χ2n) is 5.07. The third kappa shape index (κ3) is 2.94. The Morgan fingerprint density at radius 2 is 1.35 bits per heavy atom. The first-order valence-corrected chi connectivity index (χ1v) is 6.39. The van der Waals surface area contributed by atoms with Gasteiger partial charge in [-0.1, -0.05) is 38.1 Å². The lowest BCUT2D eigenvalue weighted by Gasteiger charge is -2.26. The number of benzene rings is 2. The Bertz CT molecular complexity index is 541. The molecule has 0 saturated heterocycles. The standard InChI is InChI=1S/C17H18O3/c1-17(2,13-4-8-15(19-3)9-5-13)14-6-10-16(11-7-14)20-12-18/h3-11,18H,12H2,1-2H3. The van der Waals surface area contributed by atoms with Crippen LogP contribution in [0.2, 0.25) is 0 Å². The summed E-state index contributed by atoms with van der Waals surface area (Å²) in [6.07, 6.45) is 0. The highest BCUT2D eigenvalue weighted by atomic mass is 16.6. The molecule has 0 bridgehead atoms. The van der Waals surface area contributed by atoms with Crippen LogP contribution in [0.4, 0.5) is 0 Å². The van der Waals surface area contributed by atoms with E-state index in [9.17, 15) is 0 Å². The first kappa shape index (κ1) is 14.4. The summed E-state index contributed by atoms with van der Waals surface area (Å²) in [7, 11) is 5.13. The van der Waals surface area contributed by atoms with Crippen LogP contribution in [0.25, 0.3) is 0 Å². The van der Waals surface area contributed by atoms with Crippen molar-refractivity contribution in [2.75, 3.05) is 6.79 Å². The lowest BCUT2D eigenvalue weighted by molar-refractivity contribution is 0.0985. The van der Waals surface area contributed by atoms with E-state index >= 15 is 0 Å². The quantitative estimate of drug-likeness (QED) is 0.846. The molecule has 2 radical (unpaired) electrons. The summed E-state index contributed by atoms with van der Waals surface area (Å²) in [6.45, 7) is 3.98. The largest absolute Gasteiger partial charge is 0.482 e. The molecule has 20 heavy (non-hydrogen) atoms. The average Bonchev–Trinajstić information content (AvgIpc) is 2.48. The van der Waals surface area contributed by atoms with Crippen LogP contribution in [0.5, 0.6) is 11.5 Å². The molecule has 2 rings (SSSR count). The van der Waals surface area contributed by atoms with E-state index in [1.165, 1.54) is 0 Å². The Labute approximate surface area is 119 Å².